The van der Waals surface area contributed by atoms with Gasteiger partial charge in [-0.15, -0.1) is 0 Å². The lowest BCUT2D eigenvalue weighted by atomic mass is 10.2. The summed E-state index contributed by atoms with van der Waals surface area (Å²) in [6.45, 7) is 8.19. The van der Waals surface area contributed by atoms with Gasteiger partial charge in [-0.3, -0.25) is 4.79 Å². The fourth-order valence-corrected chi connectivity index (χ4v) is 2.30. The number of amides is 1. The molecule has 1 heterocycles. The van der Waals surface area contributed by atoms with Crippen LogP contribution in [0.3, 0.4) is 0 Å². The van der Waals surface area contributed by atoms with Crippen molar-refractivity contribution in [3.05, 3.63) is 29.8 Å². The average Bonchev–Trinajstić information content (AvgIpc) is 2.52. The molecule has 1 saturated heterocycles. The molecule has 0 aliphatic carbocycles. The number of piperazine rings is 1. The standard InChI is InChI=1S/C16H25N3O2/c1-14-3-5-15(6-4-14)21-13-16(20)18-7-2-10-19-11-8-17-9-12-19/h3-6,17H,2,7-13H2,1H3,(H,18,20). The van der Waals surface area contributed by atoms with Crippen molar-refractivity contribution >= 4 is 5.91 Å². The van der Waals surface area contributed by atoms with Crippen molar-refractivity contribution in [3.8, 4) is 5.75 Å². The Morgan fingerprint density at radius 1 is 1.29 bits per heavy atom. The molecule has 0 aromatic heterocycles. The maximum atomic E-state index is 11.7. The third kappa shape index (κ3) is 6.14. The fourth-order valence-electron chi connectivity index (χ4n) is 2.30. The molecule has 2 rings (SSSR count). The Hall–Kier alpha value is -1.59. The molecule has 1 aromatic rings. The van der Waals surface area contributed by atoms with Crippen LogP contribution in [-0.4, -0.2) is 56.7 Å². The highest BCUT2D eigenvalue weighted by molar-refractivity contribution is 5.77. The van der Waals surface area contributed by atoms with Crippen LogP contribution in [0.15, 0.2) is 24.3 Å². The molecule has 5 nitrogen and oxygen atoms in total. The number of aryl methyl sites for hydroxylation is 1. The van der Waals surface area contributed by atoms with Crippen molar-refractivity contribution in [1.29, 1.82) is 0 Å². The lowest BCUT2D eigenvalue weighted by Gasteiger charge is -2.27. The van der Waals surface area contributed by atoms with E-state index in [1.165, 1.54) is 5.56 Å². The Kier molecular flexibility index (Phi) is 6.50. The summed E-state index contributed by atoms with van der Waals surface area (Å²) in [5.74, 6) is 0.674. The van der Waals surface area contributed by atoms with Crippen LogP contribution in [0.2, 0.25) is 0 Å². The Morgan fingerprint density at radius 3 is 2.71 bits per heavy atom. The second-order valence-corrected chi connectivity index (χ2v) is 5.40. The van der Waals surface area contributed by atoms with E-state index in [0.717, 1.165) is 44.9 Å². The Bertz CT molecular complexity index is 428. The van der Waals surface area contributed by atoms with E-state index in [0.29, 0.717) is 6.54 Å². The second kappa shape index (κ2) is 8.64. The molecular formula is C16H25N3O2. The second-order valence-electron chi connectivity index (χ2n) is 5.40. The molecule has 116 valence electrons. The number of hydrogen-bond acceptors (Lipinski definition) is 4. The van der Waals surface area contributed by atoms with Crippen molar-refractivity contribution in [2.24, 2.45) is 0 Å². The van der Waals surface area contributed by atoms with Crippen LogP contribution in [0.1, 0.15) is 12.0 Å². The molecule has 1 amide bonds. The first-order valence-corrected chi connectivity index (χ1v) is 7.63. The molecule has 1 aromatic carbocycles. The smallest absolute Gasteiger partial charge is 0.257 e. The summed E-state index contributed by atoms with van der Waals surface area (Å²) in [4.78, 5) is 14.1. The molecule has 21 heavy (non-hydrogen) atoms. The van der Waals surface area contributed by atoms with Gasteiger partial charge in [-0.1, -0.05) is 17.7 Å². The van der Waals surface area contributed by atoms with E-state index < -0.39 is 0 Å². The maximum absolute atomic E-state index is 11.7. The number of rotatable bonds is 7. The van der Waals surface area contributed by atoms with E-state index in [-0.39, 0.29) is 12.5 Å². The van der Waals surface area contributed by atoms with E-state index in [1.54, 1.807) is 0 Å². The van der Waals surface area contributed by atoms with Crippen LogP contribution in [0, 0.1) is 6.92 Å². The molecule has 1 fully saturated rings. The number of ether oxygens (including phenoxy) is 1. The zero-order valence-electron chi connectivity index (χ0n) is 12.7. The minimum Gasteiger partial charge on any atom is -0.484 e. The highest BCUT2D eigenvalue weighted by Gasteiger charge is 2.08. The Labute approximate surface area is 126 Å². The van der Waals surface area contributed by atoms with Gasteiger partial charge in [0.05, 0.1) is 0 Å². The van der Waals surface area contributed by atoms with Crippen molar-refractivity contribution in [3.63, 3.8) is 0 Å². The quantitative estimate of drug-likeness (QED) is 0.729. The third-order valence-electron chi connectivity index (χ3n) is 3.57. The number of nitrogens with zero attached hydrogens (tertiary/aromatic N) is 1. The molecule has 5 heteroatoms. The topological polar surface area (TPSA) is 53.6 Å². The number of carbonyl (C=O) groups is 1. The van der Waals surface area contributed by atoms with Crippen LogP contribution in [0.4, 0.5) is 0 Å². The van der Waals surface area contributed by atoms with Crippen molar-refractivity contribution < 1.29 is 9.53 Å². The van der Waals surface area contributed by atoms with Gasteiger partial charge in [-0.05, 0) is 32.0 Å². The zero-order chi connectivity index (χ0) is 14.9. The molecule has 0 atom stereocenters. The Morgan fingerprint density at radius 2 is 2.00 bits per heavy atom. The molecule has 2 N–H and O–H groups in total. The predicted octanol–water partition coefficient (Wildman–Crippen LogP) is 0.785. The van der Waals surface area contributed by atoms with Gasteiger partial charge < -0.3 is 20.3 Å². The minimum atomic E-state index is -0.0594. The molecule has 1 aliphatic heterocycles. The molecule has 1 aliphatic rings. The SMILES string of the molecule is Cc1ccc(OCC(=O)NCCCN2CCNCC2)cc1. The highest BCUT2D eigenvalue weighted by Crippen LogP contribution is 2.10. The molecule has 0 unspecified atom stereocenters. The maximum Gasteiger partial charge on any atom is 0.257 e. The van der Waals surface area contributed by atoms with Gasteiger partial charge in [0, 0.05) is 32.7 Å². The summed E-state index contributed by atoms with van der Waals surface area (Å²) in [7, 11) is 0. The Balaban J connectivity index is 1.54. The van der Waals surface area contributed by atoms with E-state index in [9.17, 15) is 4.79 Å². The van der Waals surface area contributed by atoms with Crippen LogP contribution in [-0.2, 0) is 4.79 Å². The van der Waals surface area contributed by atoms with Crippen LogP contribution in [0.25, 0.3) is 0 Å². The summed E-state index contributed by atoms with van der Waals surface area (Å²) in [6.07, 6.45) is 0.982. The summed E-state index contributed by atoms with van der Waals surface area (Å²) in [5, 5.41) is 6.23. The van der Waals surface area contributed by atoms with Crippen LogP contribution >= 0.6 is 0 Å². The third-order valence-corrected chi connectivity index (χ3v) is 3.57. The summed E-state index contributed by atoms with van der Waals surface area (Å²) >= 11 is 0. The van der Waals surface area contributed by atoms with Gasteiger partial charge in [0.2, 0.25) is 0 Å². The molecule has 0 bridgehead atoms. The van der Waals surface area contributed by atoms with E-state index >= 15 is 0 Å². The average molecular weight is 291 g/mol. The van der Waals surface area contributed by atoms with Gasteiger partial charge in [0.15, 0.2) is 6.61 Å². The molecule has 0 saturated carbocycles. The largest absolute Gasteiger partial charge is 0.484 e. The van der Waals surface area contributed by atoms with E-state index in [2.05, 4.69) is 15.5 Å². The van der Waals surface area contributed by atoms with Gasteiger partial charge in [0.25, 0.3) is 5.91 Å². The predicted molar refractivity (Wildman–Crippen MR) is 83.6 cm³/mol. The minimum absolute atomic E-state index is 0.0594. The van der Waals surface area contributed by atoms with Gasteiger partial charge in [0.1, 0.15) is 5.75 Å². The number of benzene rings is 1. The summed E-state index contributed by atoms with van der Waals surface area (Å²) in [5.41, 5.74) is 1.18. The lowest BCUT2D eigenvalue weighted by Crippen LogP contribution is -2.44. The zero-order valence-corrected chi connectivity index (χ0v) is 12.7. The first-order valence-electron chi connectivity index (χ1n) is 7.63. The van der Waals surface area contributed by atoms with Crippen molar-refractivity contribution in [2.45, 2.75) is 13.3 Å². The normalized spacial score (nSPS) is 15.7. The van der Waals surface area contributed by atoms with Crippen LogP contribution < -0.4 is 15.4 Å². The van der Waals surface area contributed by atoms with Crippen molar-refractivity contribution in [1.82, 2.24) is 15.5 Å². The molecular weight excluding hydrogens is 266 g/mol. The van der Waals surface area contributed by atoms with Crippen LogP contribution in [0.5, 0.6) is 5.75 Å². The van der Waals surface area contributed by atoms with E-state index in [4.69, 9.17) is 4.74 Å². The summed E-state index contributed by atoms with van der Waals surface area (Å²) < 4.78 is 5.44. The first-order chi connectivity index (χ1) is 10.2. The summed E-state index contributed by atoms with van der Waals surface area (Å²) in [6, 6.07) is 7.71. The number of nitrogens with one attached hydrogen (secondary N) is 2. The number of carbonyl (C=O) groups excluding carboxylic acids is 1. The lowest BCUT2D eigenvalue weighted by molar-refractivity contribution is -0.123. The molecule has 0 radical (unpaired) electrons. The fraction of sp³-hybridized carbons (Fsp3) is 0.562. The van der Waals surface area contributed by atoms with Gasteiger partial charge >= 0.3 is 0 Å². The van der Waals surface area contributed by atoms with Gasteiger partial charge in [-0.2, -0.15) is 0 Å². The monoisotopic (exact) mass is 291 g/mol. The van der Waals surface area contributed by atoms with E-state index in [1.807, 2.05) is 31.2 Å². The highest BCUT2D eigenvalue weighted by atomic mass is 16.5. The first kappa shape index (κ1) is 15.8. The van der Waals surface area contributed by atoms with Gasteiger partial charge in [-0.25, -0.2) is 0 Å². The molecule has 0 spiro atoms. The number of hydrogen-bond donors (Lipinski definition) is 2. The van der Waals surface area contributed by atoms with Crippen molar-refractivity contribution in [2.75, 3.05) is 45.9 Å².